The summed E-state index contributed by atoms with van der Waals surface area (Å²) in [5, 5.41) is 11.1. The van der Waals surface area contributed by atoms with E-state index in [0.29, 0.717) is 37.6 Å². The highest BCUT2D eigenvalue weighted by Crippen LogP contribution is 2.34. The van der Waals surface area contributed by atoms with Crippen LogP contribution in [0.25, 0.3) is 6.08 Å². The molecule has 1 aromatic rings. The molecule has 136 valence electrons. The average Bonchev–Trinajstić information content (AvgIpc) is 2.90. The van der Waals surface area contributed by atoms with E-state index in [1.807, 2.05) is 4.90 Å². The van der Waals surface area contributed by atoms with Crippen molar-refractivity contribution in [2.75, 3.05) is 37.7 Å². The van der Waals surface area contributed by atoms with Crippen LogP contribution < -0.4 is 4.90 Å². The fourth-order valence-electron chi connectivity index (χ4n) is 2.79. The lowest BCUT2D eigenvalue weighted by Crippen LogP contribution is -2.36. The van der Waals surface area contributed by atoms with Crippen LogP contribution in [-0.4, -0.2) is 53.8 Å². The second-order valence-corrected chi connectivity index (χ2v) is 6.68. The third-order valence-electron chi connectivity index (χ3n) is 4.03. The molecule has 0 radical (unpaired) electrons. The minimum atomic E-state index is -0.439. The molecule has 0 atom stereocenters. The van der Waals surface area contributed by atoms with E-state index in [0.717, 1.165) is 16.7 Å². The number of amides is 2. The summed E-state index contributed by atoms with van der Waals surface area (Å²) in [6.45, 7) is 5.88. The number of imide groups is 1. The number of nitro groups is 1. The summed E-state index contributed by atoms with van der Waals surface area (Å²) in [6, 6.07) is 4.80. The first-order valence-electron chi connectivity index (χ1n) is 7.98. The lowest BCUT2D eigenvalue weighted by Gasteiger charge is -2.28. The minimum Gasteiger partial charge on any atom is -0.378 e. The van der Waals surface area contributed by atoms with Crippen LogP contribution in [0.5, 0.6) is 0 Å². The number of rotatable bonds is 5. The van der Waals surface area contributed by atoms with E-state index >= 15 is 0 Å². The molecule has 8 nitrogen and oxygen atoms in total. The quantitative estimate of drug-likeness (QED) is 0.338. The maximum atomic E-state index is 12.3. The Morgan fingerprint density at radius 3 is 2.69 bits per heavy atom. The molecular formula is C17H17N3O5S. The van der Waals surface area contributed by atoms with Crippen molar-refractivity contribution in [3.63, 3.8) is 0 Å². The Morgan fingerprint density at radius 1 is 1.31 bits per heavy atom. The van der Waals surface area contributed by atoms with Gasteiger partial charge in [-0.05, 0) is 29.5 Å². The highest BCUT2D eigenvalue weighted by molar-refractivity contribution is 8.18. The summed E-state index contributed by atoms with van der Waals surface area (Å²) >= 11 is 0.817. The van der Waals surface area contributed by atoms with Crippen LogP contribution in [0.4, 0.5) is 16.2 Å². The van der Waals surface area contributed by atoms with Gasteiger partial charge in [-0.3, -0.25) is 24.6 Å². The standard InChI is InChI=1S/C17H17N3O5S/c1-2-5-19-16(21)15(26-17(19)22)11-12-3-4-13(14(10-12)20(23)24)18-6-8-25-9-7-18/h2-4,10-11H,1,5-9H2/b15-11+. The first-order chi connectivity index (χ1) is 12.5. The van der Waals surface area contributed by atoms with Crippen LogP contribution in [0.15, 0.2) is 35.8 Å². The number of ether oxygens (including phenoxy) is 1. The van der Waals surface area contributed by atoms with E-state index in [-0.39, 0.29) is 22.4 Å². The molecule has 0 saturated carbocycles. The Kier molecular flexibility index (Phi) is 5.38. The van der Waals surface area contributed by atoms with Crippen molar-refractivity contribution in [1.82, 2.24) is 4.90 Å². The van der Waals surface area contributed by atoms with Gasteiger partial charge in [0.1, 0.15) is 5.69 Å². The van der Waals surface area contributed by atoms with Crippen molar-refractivity contribution in [3.05, 3.63) is 51.4 Å². The molecule has 2 amide bonds. The molecule has 2 aliphatic heterocycles. The largest absolute Gasteiger partial charge is 0.378 e. The Balaban J connectivity index is 1.90. The van der Waals surface area contributed by atoms with E-state index in [2.05, 4.69) is 6.58 Å². The molecule has 9 heteroatoms. The van der Waals surface area contributed by atoms with Crippen LogP contribution in [0.1, 0.15) is 5.56 Å². The molecule has 2 aliphatic rings. The summed E-state index contributed by atoms with van der Waals surface area (Å²) in [6.07, 6.45) is 2.98. The van der Waals surface area contributed by atoms with Crippen LogP contribution >= 0.6 is 11.8 Å². The monoisotopic (exact) mass is 375 g/mol. The molecule has 0 aliphatic carbocycles. The van der Waals surface area contributed by atoms with Crippen LogP contribution in [0.3, 0.4) is 0 Å². The number of hydrogen-bond acceptors (Lipinski definition) is 7. The number of anilines is 1. The molecule has 0 aromatic heterocycles. The van der Waals surface area contributed by atoms with Gasteiger partial charge in [-0.25, -0.2) is 0 Å². The SMILES string of the molecule is C=CCN1C(=O)S/C(=C/c2ccc(N3CCOCC3)c([N+](=O)[O-])c2)C1=O. The molecule has 2 heterocycles. The molecule has 2 saturated heterocycles. The fraction of sp³-hybridized carbons (Fsp3) is 0.294. The molecule has 26 heavy (non-hydrogen) atoms. The van der Waals surface area contributed by atoms with Crippen LogP contribution in [-0.2, 0) is 9.53 Å². The van der Waals surface area contributed by atoms with E-state index in [1.54, 1.807) is 12.1 Å². The number of nitro benzene ring substituents is 1. The molecular weight excluding hydrogens is 358 g/mol. The molecule has 1 aromatic carbocycles. The van der Waals surface area contributed by atoms with Gasteiger partial charge in [0, 0.05) is 25.7 Å². The van der Waals surface area contributed by atoms with Gasteiger partial charge in [-0.15, -0.1) is 6.58 Å². The third kappa shape index (κ3) is 3.63. The Hall–Kier alpha value is -2.65. The van der Waals surface area contributed by atoms with Crippen molar-refractivity contribution in [2.24, 2.45) is 0 Å². The lowest BCUT2D eigenvalue weighted by molar-refractivity contribution is -0.384. The highest BCUT2D eigenvalue weighted by atomic mass is 32.2. The van der Waals surface area contributed by atoms with E-state index in [1.165, 1.54) is 18.2 Å². The van der Waals surface area contributed by atoms with Gasteiger partial charge in [0.15, 0.2) is 0 Å². The third-order valence-corrected chi connectivity index (χ3v) is 4.94. The van der Waals surface area contributed by atoms with E-state index < -0.39 is 10.8 Å². The van der Waals surface area contributed by atoms with Crippen molar-refractivity contribution in [1.29, 1.82) is 0 Å². The maximum Gasteiger partial charge on any atom is 0.293 e. The number of morpholine rings is 1. The predicted molar refractivity (Wildman–Crippen MR) is 99.0 cm³/mol. The van der Waals surface area contributed by atoms with Crippen molar-refractivity contribution in [3.8, 4) is 0 Å². The Labute approximate surface area is 154 Å². The highest BCUT2D eigenvalue weighted by Gasteiger charge is 2.34. The van der Waals surface area contributed by atoms with Gasteiger partial charge in [-0.1, -0.05) is 12.1 Å². The van der Waals surface area contributed by atoms with Gasteiger partial charge >= 0.3 is 0 Å². The second-order valence-electron chi connectivity index (χ2n) is 5.69. The summed E-state index contributed by atoms with van der Waals surface area (Å²) in [7, 11) is 0. The van der Waals surface area contributed by atoms with Crippen LogP contribution in [0, 0.1) is 10.1 Å². The zero-order valence-corrected chi connectivity index (χ0v) is 14.7. The van der Waals surface area contributed by atoms with Crippen LogP contribution in [0.2, 0.25) is 0 Å². The average molecular weight is 375 g/mol. The smallest absolute Gasteiger partial charge is 0.293 e. The first kappa shape index (κ1) is 18.2. The summed E-state index contributed by atoms with van der Waals surface area (Å²) in [4.78, 5) is 38.4. The Bertz CT molecular complexity index is 802. The molecule has 3 rings (SSSR count). The molecule has 0 spiro atoms. The van der Waals surface area contributed by atoms with Gasteiger partial charge < -0.3 is 9.64 Å². The lowest BCUT2D eigenvalue weighted by atomic mass is 10.1. The number of carbonyl (C=O) groups excluding carboxylic acids is 2. The molecule has 0 N–H and O–H groups in total. The normalized spacial score (nSPS) is 19.3. The fourth-order valence-corrected chi connectivity index (χ4v) is 3.63. The minimum absolute atomic E-state index is 0.0361. The van der Waals surface area contributed by atoms with Gasteiger partial charge in [0.2, 0.25) is 0 Å². The summed E-state index contributed by atoms with van der Waals surface area (Å²) in [5.74, 6) is -0.417. The molecule has 0 bridgehead atoms. The van der Waals surface area contributed by atoms with Gasteiger partial charge in [-0.2, -0.15) is 0 Å². The number of hydrogen-bond donors (Lipinski definition) is 0. The van der Waals surface area contributed by atoms with Crippen molar-refractivity contribution < 1.29 is 19.2 Å². The summed E-state index contributed by atoms with van der Waals surface area (Å²) < 4.78 is 5.28. The number of nitrogens with zero attached hydrogens (tertiary/aromatic N) is 3. The number of benzene rings is 1. The van der Waals surface area contributed by atoms with Gasteiger partial charge in [0.05, 0.1) is 23.0 Å². The Morgan fingerprint density at radius 2 is 2.04 bits per heavy atom. The topological polar surface area (TPSA) is 93.0 Å². The van der Waals surface area contributed by atoms with Crippen molar-refractivity contribution in [2.45, 2.75) is 0 Å². The zero-order valence-electron chi connectivity index (χ0n) is 13.9. The second kappa shape index (κ2) is 7.71. The van der Waals surface area contributed by atoms with Crippen molar-refractivity contribution >= 4 is 40.4 Å². The van der Waals surface area contributed by atoms with E-state index in [4.69, 9.17) is 4.74 Å². The predicted octanol–water partition coefficient (Wildman–Crippen LogP) is 2.65. The van der Waals surface area contributed by atoms with E-state index in [9.17, 15) is 19.7 Å². The maximum absolute atomic E-state index is 12.3. The first-order valence-corrected chi connectivity index (χ1v) is 8.80. The number of carbonyl (C=O) groups is 2. The molecule has 0 unspecified atom stereocenters. The molecule has 2 fully saturated rings. The van der Waals surface area contributed by atoms with Gasteiger partial charge in [0.25, 0.3) is 16.8 Å². The zero-order chi connectivity index (χ0) is 18.7. The summed E-state index contributed by atoms with van der Waals surface area (Å²) in [5.41, 5.74) is 0.985. The number of thioether (sulfide) groups is 1.